The zero-order valence-electron chi connectivity index (χ0n) is 16.2. The van der Waals surface area contributed by atoms with Crippen molar-refractivity contribution in [1.82, 2.24) is 5.32 Å². The third kappa shape index (κ3) is 5.60. The van der Waals surface area contributed by atoms with E-state index in [1.165, 1.54) is 43.6 Å². The summed E-state index contributed by atoms with van der Waals surface area (Å²) in [6.07, 6.45) is 3.95. The van der Waals surface area contributed by atoms with Crippen LogP contribution in [-0.2, 0) is 0 Å². The fourth-order valence-electron chi connectivity index (χ4n) is 3.37. The minimum Gasteiger partial charge on any atom is -0.494 e. The molecule has 0 saturated carbocycles. The summed E-state index contributed by atoms with van der Waals surface area (Å²) < 4.78 is 5.46. The molecule has 2 N–H and O–H groups in total. The number of thiocarbonyl (C=S) groups is 1. The van der Waals surface area contributed by atoms with Gasteiger partial charge in [-0.05, 0) is 87.3 Å². The van der Waals surface area contributed by atoms with E-state index in [2.05, 4.69) is 46.7 Å². The molecular formula is C22H29N3OS. The second kappa shape index (κ2) is 9.60. The van der Waals surface area contributed by atoms with Gasteiger partial charge in [0.25, 0.3) is 0 Å². The fraction of sp³-hybridized carbons (Fsp3) is 0.409. The first-order valence-electron chi connectivity index (χ1n) is 9.81. The predicted octanol–water partition coefficient (Wildman–Crippen LogP) is 5.12. The molecule has 3 rings (SSSR count). The van der Waals surface area contributed by atoms with Crippen LogP contribution in [0.25, 0.3) is 0 Å². The quantitative estimate of drug-likeness (QED) is 0.677. The Kier molecular flexibility index (Phi) is 6.93. The number of rotatable bonds is 6. The number of nitrogens with zero attached hydrogens (tertiary/aromatic N) is 1. The van der Waals surface area contributed by atoms with Gasteiger partial charge >= 0.3 is 0 Å². The lowest BCUT2D eigenvalue weighted by molar-refractivity contribution is 0.340. The summed E-state index contributed by atoms with van der Waals surface area (Å²) in [6.45, 7) is 7.11. The lowest BCUT2D eigenvalue weighted by atomic mass is 10.1. The van der Waals surface area contributed by atoms with Crippen LogP contribution < -0.4 is 20.3 Å². The maximum atomic E-state index is 5.46. The monoisotopic (exact) mass is 383 g/mol. The molecule has 1 fully saturated rings. The Labute approximate surface area is 167 Å². The van der Waals surface area contributed by atoms with Crippen molar-refractivity contribution in [2.75, 3.05) is 29.9 Å². The first-order chi connectivity index (χ1) is 13.2. The SMILES string of the molecule is CCOc1ccc(NC(=S)NC(C)c2ccc(N3CCCCC3)cc2)cc1. The fourth-order valence-corrected chi connectivity index (χ4v) is 3.67. The van der Waals surface area contributed by atoms with E-state index in [0.717, 1.165) is 11.4 Å². The van der Waals surface area contributed by atoms with Gasteiger partial charge in [-0.15, -0.1) is 0 Å². The normalized spacial score (nSPS) is 15.1. The van der Waals surface area contributed by atoms with Crippen molar-refractivity contribution in [1.29, 1.82) is 0 Å². The molecule has 0 aromatic heterocycles. The summed E-state index contributed by atoms with van der Waals surface area (Å²) in [5, 5.41) is 7.21. The zero-order valence-corrected chi connectivity index (χ0v) is 17.0. The predicted molar refractivity (Wildman–Crippen MR) is 118 cm³/mol. The van der Waals surface area contributed by atoms with E-state index in [1.54, 1.807) is 0 Å². The molecule has 0 amide bonds. The smallest absolute Gasteiger partial charge is 0.171 e. The number of hydrogen-bond acceptors (Lipinski definition) is 3. The highest BCUT2D eigenvalue weighted by Crippen LogP contribution is 2.22. The molecule has 5 heteroatoms. The Morgan fingerprint density at radius 2 is 1.70 bits per heavy atom. The maximum Gasteiger partial charge on any atom is 0.171 e. The van der Waals surface area contributed by atoms with Crippen LogP contribution in [0.15, 0.2) is 48.5 Å². The Balaban J connectivity index is 1.52. The largest absolute Gasteiger partial charge is 0.494 e. The number of benzene rings is 2. The maximum absolute atomic E-state index is 5.46. The molecule has 0 bridgehead atoms. The number of nitrogens with one attached hydrogen (secondary N) is 2. The van der Waals surface area contributed by atoms with Gasteiger partial charge in [0.15, 0.2) is 5.11 Å². The molecule has 2 aromatic rings. The van der Waals surface area contributed by atoms with E-state index in [9.17, 15) is 0 Å². The average Bonchev–Trinajstić information content (AvgIpc) is 2.70. The van der Waals surface area contributed by atoms with Gasteiger partial charge in [-0.2, -0.15) is 0 Å². The Morgan fingerprint density at radius 3 is 2.33 bits per heavy atom. The molecule has 1 atom stereocenters. The van der Waals surface area contributed by atoms with Crippen LogP contribution in [0.5, 0.6) is 5.75 Å². The van der Waals surface area contributed by atoms with Crippen LogP contribution in [-0.4, -0.2) is 24.8 Å². The number of piperidine rings is 1. The van der Waals surface area contributed by atoms with Crippen LogP contribution in [0, 0.1) is 0 Å². The highest BCUT2D eigenvalue weighted by atomic mass is 32.1. The summed E-state index contributed by atoms with van der Waals surface area (Å²) in [4.78, 5) is 2.48. The third-order valence-corrected chi connectivity index (χ3v) is 5.11. The molecule has 0 aliphatic carbocycles. The van der Waals surface area contributed by atoms with Crippen molar-refractivity contribution < 1.29 is 4.74 Å². The molecule has 144 valence electrons. The van der Waals surface area contributed by atoms with E-state index < -0.39 is 0 Å². The van der Waals surface area contributed by atoms with Crippen molar-refractivity contribution in [2.24, 2.45) is 0 Å². The van der Waals surface area contributed by atoms with Gasteiger partial charge in [-0.1, -0.05) is 12.1 Å². The molecular weight excluding hydrogens is 354 g/mol. The lowest BCUT2D eigenvalue weighted by Crippen LogP contribution is -2.31. The van der Waals surface area contributed by atoms with E-state index in [-0.39, 0.29) is 6.04 Å². The summed E-state index contributed by atoms with van der Waals surface area (Å²) in [7, 11) is 0. The second-order valence-electron chi connectivity index (χ2n) is 6.92. The molecule has 27 heavy (non-hydrogen) atoms. The van der Waals surface area contributed by atoms with Crippen LogP contribution in [0.3, 0.4) is 0 Å². The first-order valence-corrected chi connectivity index (χ1v) is 10.2. The molecule has 0 radical (unpaired) electrons. The highest BCUT2D eigenvalue weighted by molar-refractivity contribution is 7.80. The van der Waals surface area contributed by atoms with Gasteiger partial charge in [0.05, 0.1) is 12.6 Å². The van der Waals surface area contributed by atoms with E-state index >= 15 is 0 Å². The Hall–Kier alpha value is -2.27. The van der Waals surface area contributed by atoms with Crippen LogP contribution in [0.2, 0.25) is 0 Å². The van der Waals surface area contributed by atoms with E-state index in [0.29, 0.717) is 11.7 Å². The molecule has 4 nitrogen and oxygen atoms in total. The standard InChI is InChI=1S/C22H29N3OS/c1-3-26-21-13-9-19(10-14-21)24-22(27)23-17(2)18-7-11-20(12-8-18)25-15-5-4-6-16-25/h7-14,17H,3-6,15-16H2,1-2H3,(H2,23,24,27). The van der Waals surface area contributed by atoms with E-state index in [4.69, 9.17) is 17.0 Å². The first kappa shape index (κ1) is 19.5. The molecule has 1 saturated heterocycles. The van der Waals surface area contributed by atoms with Crippen molar-refractivity contribution in [3.63, 3.8) is 0 Å². The average molecular weight is 384 g/mol. The topological polar surface area (TPSA) is 36.5 Å². The van der Waals surface area contributed by atoms with Gasteiger partial charge in [0, 0.05) is 24.5 Å². The summed E-state index contributed by atoms with van der Waals surface area (Å²) in [5.41, 5.74) is 3.50. The van der Waals surface area contributed by atoms with Gasteiger partial charge in [0.2, 0.25) is 0 Å². The van der Waals surface area contributed by atoms with Crippen molar-refractivity contribution in [3.8, 4) is 5.75 Å². The van der Waals surface area contributed by atoms with Crippen molar-refractivity contribution >= 4 is 28.7 Å². The van der Waals surface area contributed by atoms with Gasteiger partial charge in [0.1, 0.15) is 5.75 Å². The lowest BCUT2D eigenvalue weighted by Gasteiger charge is -2.29. The molecule has 1 aliphatic rings. The van der Waals surface area contributed by atoms with Crippen LogP contribution >= 0.6 is 12.2 Å². The van der Waals surface area contributed by atoms with Crippen LogP contribution in [0.1, 0.15) is 44.7 Å². The Morgan fingerprint density at radius 1 is 1.04 bits per heavy atom. The Bertz CT molecular complexity index is 724. The molecule has 1 heterocycles. The molecule has 0 spiro atoms. The van der Waals surface area contributed by atoms with E-state index in [1.807, 2.05) is 31.2 Å². The van der Waals surface area contributed by atoms with Crippen molar-refractivity contribution in [3.05, 3.63) is 54.1 Å². The van der Waals surface area contributed by atoms with Crippen molar-refractivity contribution in [2.45, 2.75) is 39.2 Å². The molecule has 2 aromatic carbocycles. The summed E-state index contributed by atoms with van der Waals surface area (Å²) in [5.74, 6) is 0.865. The number of anilines is 2. The minimum atomic E-state index is 0.142. The highest BCUT2D eigenvalue weighted by Gasteiger charge is 2.12. The van der Waals surface area contributed by atoms with Gasteiger partial charge in [-0.25, -0.2) is 0 Å². The van der Waals surface area contributed by atoms with Gasteiger partial charge < -0.3 is 20.3 Å². The zero-order chi connectivity index (χ0) is 19.1. The third-order valence-electron chi connectivity index (χ3n) is 4.89. The van der Waals surface area contributed by atoms with Gasteiger partial charge in [-0.3, -0.25) is 0 Å². The molecule has 1 aliphatic heterocycles. The van der Waals surface area contributed by atoms with Crippen LogP contribution in [0.4, 0.5) is 11.4 Å². The summed E-state index contributed by atoms with van der Waals surface area (Å²) >= 11 is 5.46. The number of hydrogen-bond donors (Lipinski definition) is 2. The minimum absolute atomic E-state index is 0.142. The number of ether oxygens (including phenoxy) is 1. The molecule has 1 unspecified atom stereocenters. The second-order valence-corrected chi connectivity index (χ2v) is 7.33. The summed E-state index contributed by atoms with van der Waals surface area (Å²) in [6, 6.07) is 16.8.